The lowest BCUT2D eigenvalue weighted by Crippen LogP contribution is -2.61. The number of nitrogens with zero attached hydrogens (tertiary/aromatic N) is 2. The quantitative estimate of drug-likeness (QED) is 0.163. The van der Waals surface area contributed by atoms with E-state index in [-0.39, 0.29) is 28.5 Å². The van der Waals surface area contributed by atoms with E-state index in [1.54, 1.807) is 0 Å². The predicted molar refractivity (Wildman–Crippen MR) is 285 cm³/mol. The summed E-state index contributed by atoms with van der Waals surface area (Å²) < 4.78 is 0. The second-order valence-electron chi connectivity index (χ2n) is 22.7. The van der Waals surface area contributed by atoms with Crippen molar-refractivity contribution in [3.8, 4) is 44.5 Å². The molecule has 66 heavy (non-hydrogen) atoms. The van der Waals surface area contributed by atoms with Crippen molar-refractivity contribution in [2.45, 2.75) is 97.8 Å². The molecule has 2 heterocycles. The Bertz CT molecular complexity index is 3210. The fourth-order valence-corrected chi connectivity index (χ4v) is 11.1. The average Bonchev–Trinajstić information content (AvgIpc) is 3.52. The maximum absolute atomic E-state index is 2.68. The first-order valence-corrected chi connectivity index (χ1v) is 24.0. The van der Waals surface area contributed by atoms with Gasteiger partial charge in [-0.1, -0.05) is 191 Å². The monoisotopic (exact) mass is 856 g/mol. The minimum Gasteiger partial charge on any atom is -0.376 e. The van der Waals surface area contributed by atoms with Crippen LogP contribution in [0.2, 0.25) is 0 Å². The minimum absolute atomic E-state index is 0.0330. The van der Waals surface area contributed by atoms with Crippen LogP contribution in [0.15, 0.2) is 170 Å². The fourth-order valence-electron chi connectivity index (χ4n) is 11.1. The number of rotatable bonds is 4. The SMILES string of the molecule is CC(C)(C)c1ccc(N2B3c4cc5c(cc4N(c4ccc(C(C)(C)C)cc4-c4ccccc4)c4cc(-c6ccccc6)cc(c43)-c3cc(C(C)(C)C)ccc32)C(C)(C)c2ccccc2-5)cc1. The van der Waals surface area contributed by atoms with Gasteiger partial charge in [-0.3, -0.25) is 0 Å². The van der Waals surface area contributed by atoms with Crippen molar-refractivity contribution >= 4 is 46.2 Å². The van der Waals surface area contributed by atoms with Crippen LogP contribution in [0.1, 0.15) is 104 Å². The van der Waals surface area contributed by atoms with E-state index in [4.69, 9.17) is 0 Å². The molecular formula is C63H61BN2. The molecule has 11 rings (SSSR count). The summed E-state index contributed by atoms with van der Waals surface area (Å²) in [5.74, 6) is 0. The molecular weight excluding hydrogens is 796 g/mol. The first kappa shape index (κ1) is 42.1. The van der Waals surface area contributed by atoms with Crippen molar-refractivity contribution in [2.24, 2.45) is 0 Å². The number of hydrogen-bond donors (Lipinski definition) is 0. The Labute approximate surface area is 394 Å². The van der Waals surface area contributed by atoms with E-state index in [9.17, 15) is 0 Å². The van der Waals surface area contributed by atoms with E-state index in [1.165, 1.54) is 112 Å². The van der Waals surface area contributed by atoms with Gasteiger partial charge in [0.25, 0.3) is 0 Å². The van der Waals surface area contributed by atoms with E-state index < -0.39 is 0 Å². The molecule has 0 atom stereocenters. The number of fused-ring (bicyclic) bond motifs is 7. The molecule has 8 aromatic rings. The molecule has 3 aliphatic rings. The highest BCUT2D eigenvalue weighted by molar-refractivity contribution is 6.93. The summed E-state index contributed by atoms with van der Waals surface area (Å²) in [7, 11) is 0. The summed E-state index contributed by atoms with van der Waals surface area (Å²) in [6, 6.07) is 65.4. The Hall–Kier alpha value is -6.58. The molecule has 0 fully saturated rings. The molecule has 0 amide bonds. The van der Waals surface area contributed by atoms with Gasteiger partial charge in [0, 0.05) is 39.3 Å². The largest absolute Gasteiger partial charge is 0.376 e. The molecule has 1 aliphatic carbocycles. The number of benzene rings is 8. The van der Waals surface area contributed by atoms with Crippen molar-refractivity contribution in [2.75, 3.05) is 9.71 Å². The summed E-state index contributed by atoms with van der Waals surface area (Å²) in [6.07, 6.45) is 0. The predicted octanol–water partition coefficient (Wildman–Crippen LogP) is 15.9. The van der Waals surface area contributed by atoms with Gasteiger partial charge >= 0.3 is 6.85 Å². The van der Waals surface area contributed by atoms with Crippen LogP contribution >= 0.6 is 0 Å². The average molecular weight is 857 g/mol. The third kappa shape index (κ3) is 6.60. The third-order valence-electron chi connectivity index (χ3n) is 14.9. The highest BCUT2D eigenvalue weighted by atomic mass is 15.2. The van der Waals surface area contributed by atoms with Crippen LogP contribution in [0.25, 0.3) is 44.5 Å². The van der Waals surface area contributed by atoms with E-state index in [1.807, 2.05) is 0 Å². The summed E-state index contributed by atoms with van der Waals surface area (Å²) in [4.78, 5) is 5.34. The maximum atomic E-state index is 2.68. The highest BCUT2D eigenvalue weighted by Gasteiger charge is 2.48. The molecule has 0 saturated heterocycles. The molecule has 0 bridgehead atoms. The topological polar surface area (TPSA) is 6.48 Å². The van der Waals surface area contributed by atoms with Gasteiger partial charge in [-0.05, 0) is 143 Å². The van der Waals surface area contributed by atoms with Crippen molar-refractivity contribution in [3.63, 3.8) is 0 Å². The molecule has 326 valence electrons. The normalized spacial score (nSPS) is 14.6. The first-order valence-electron chi connectivity index (χ1n) is 24.0. The highest BCUT2D eigenvalue weighted by Crippen LogP contribution is 2.55. The Kier molecular flexibility index (Phi) is 9.38. The Morgan fingerprint density at radius 1 is 0.379 bits per heavy atom. The molecule has 2 aliphatic heterocycles. The van der Waals surface area contributed by atoms with Crippen LogP contribution in [0.4, 0.5) is 28.4 Å². The minimum atomic E-state index is -0.187. The molecule has 0 radical (unpaired) electrons. The fraction of sp³-hybridized carbons (Fsp3) is 0.238. The van der Waals surface area contributed by atoms with Crippen LogP contribution in [0.3, 0.4) is 0 Å². The van der Waals surface area contributed by atoms with Gasteiger partial charge in [0.05, 0.1) is 5.69 Å². The maximum Gasteiger partial charge on any atom is 0.333 e. The second kappa shape index (κ2) is 14.7. The van der Waals surface area contributed by atoms with Gasteiger partial charge < -0.3 is 9.71 Å². The molecule has 0 N–H and O–H groups in total. The summed E-state index contributed by atoms with van der Waals surface area (Å²) in [6.45, 7) is 25.6. The van der Waals surface area contributed by atoms with Gasteiger partial charge in [-0.25, -0.2) is 0 Å². The van der Waals surface area contributed by atoms with E-state index in [0.29, 0.717) is 0 Å². The van der Waals surface area contributed by atoms with Gasteiger partial charge in [0.15, 0.2) is 0 Å². The Morgan fingerprint density at radius 2 is 0.939 bits per heavy atom. The molecule has 8 aromatic carbocycles. The van der Waals surface area contributed by atoms with Crippen LogP contribution in [0.5, 0.6) is 0 Å². The lowest BCUT2D eigenvalue weighted by atomic mass is 9.43. The lowest BCUT2D eigenvalue weighted by Gasteiger charge is -2.47. The van der Waals surface area contributed by atoms with Crippen molar-refractivity contribution in [1.82, 2.24) is 0 Å². The zero-order chi connectivity index (χ0) is 46.1. The number of hydrogen-bond acceptors (Lipinski definition) is 2. The first-order chi connectivity index (χ1) is 31.4. The van der Waals surface area contributed by atoms with Gasteiger partial charge in [0.2, 0.25) is 0 Å². The summed E-state index contributed by atoms with van der Waals surface area (Å²) >= 11 is 0. The van der Waals surface area contributed by atoms with Crippen LogP contribution < -0.4 is 20.6 Å². The standard InChI is InChI=1S/C63H61BN2/c1-60(2,3)43-26-30-46(31-27-43)66-56-33-29-45(62(7,8)9)37-50(56)51-34-42(40-20-14-12-15-21-40)35-58-59(51)64(66)54-38-49-47-24-18-19-25-52(47)63(10,11)53(49)39-57(54)65(58)55-32-28-44(61(4,5)6)36-48(55)41-22-16-13-17-23-41/h12-39H,1-11H3. The Balaban J connectivity index is 1.31. The number of anilines is 5. The second-order valence-corrected chi connectivity index (χ2v) is 22.7. The lowest BCUT2D eigenvalue weighted by molar-refractivity contribution is 0.590. The molecule has 0 unspecified atom stereocenters. The van der Waals surface area contributed by atoms with Crippen LogP contribution in [-0.4, -0.2) is 6.85 Å². The smallest absolute Gasteiger partial charge is 0.333 e. The molecule has 0 aromatic heterocycles. The van der Waals surface area contributed by atoms with Crippen molar-refractivity contribution < 1.29 is 0 Å². The van der Waals surface area contributed by atoms with Gasteiger partial charge in [-0.15, -0.1) is 0 Å². The van der Waals surface area contributed by atoms with Gasteiger partial charge in [0.1, 0.15) is 0 Å². The zero-order valence-electron chi connectivity index (χ0n) is 40.6. The van der Waals surface area contributed by atoms with E-state index >= 15 is 0 Å². The van der Waals surface area contributed by atoms with Crippen molar-refractivity contribution in [1.29, 1.82) is 0 Å². The van der Waals surface area contributed by atoms with Gasteiger partial charge in [-0.2, -0.15) is 0 Å². The Morgan fingerprint density at radius 3 is 1.58 bits per heavy atom. The third-order valence-corrected chi connectivity index (χ3v) is 14.9. The molecule has 0 saturated carbocycles. The van der Waals surface area contributed by atoms with Crippen LogP contribution in [0, 0.1) is 0 Å². The summed E-state index contributed by atoms with van der Waals surface area (Å²) in [5.41, 5.74) is 25.3. The molecule has 3 heteroatoms. The zero-order valence-corrected chi connectivity index (χ0v) is 40.6. The molecule has 0 spiro atoms. The van der Waals surface area contributed by atoms with Crippen molar-refractivity contribution in [3.05, 3.63) is 198 Å². The van der Waals surface area contributed by atoms with E-state index in [2.05, 4.69) is 256 Å². The van der Waals surface area contributed by atoms with Crippen LogP contribution in [-0.2, 0) is 21.7 Å². The molecule has 2 nitrogen and oxygen atoms in total. The summed E-state index contributed by atoms with van der Waals surface area (Å²) in [5, 5.41) is 0. The van der Waals surface area contributed by atoms with E-state index in [0.717, 1.165) is 0 Å².